The minimum atomic E-state index is -0.736. The van der Waals surface area contributed by atoms with Gasteiger partial charge >= 0.3 is 12.0 Å². The first kappa shape index (κ1) is 18.3. The molecule has 7 heteroatoms. The molecule has 0 aromatic heterocycles. The van der Waals surface area contributed by atoms with Crippen molar-refractivity contribution in [2.24, 2.45) is 5.73 Å². The van der Waals surface area contributed by atoms with E-state index in [0.29, 0.717) is 10.6 Å². The Morgan fingerprint density at radius 2 is 1.83 bits per heavy atom. The summed E-state index contributed by atoms with van der Waals surface area (Å²) in [5, 5.41) is 2.96. The second-order valence-corrected chi connectivity index (χ2v) is 6.40. The third-order valence-electron chi connectivity index (χ3n) is 3.28. The number of nitrogens with two attached hydrogens (primary N) is 1. The molecule has 2 aromatic rings. The first-order chi connectivity index (χ1) is 11.5. The van der Waals surface area contributed by atoms with E-state index in [2.05, 4.69) is 21.2 Å². The lowest BCUT2D eigenvalue weighted by Gasteiger charge is -2.18. The molecule has 0 bridgehead atoms. The van der Waals surface area contributed by atoms with Crippen molar-refractivity contribution in [2.75, 3.05) is 0 Å². The molecule has 0 aliphatic heterocycles. The monoisotopic (exact) mass is 410 g/mol. The summed E-state index contributed by atoms with van der Waals surface area (Å²) in [5.41, 5.74) is 6.66. The van der Waals surface area contributed by atoms with E-state index < -0.39 is 18.0 Å². The van der Waals surface area contributed by atoms with Gasteiger partial charge in [0.2, 0.25) is 0 Å². The Kier molecular flexibility index (Phi) is 6.63. The number of hydrogen-bond donors (Lipinski definition) is 2. The van der Waals surface area contributed by atoms with Crippen LogP contribution in [0.15, 0.2) is 53.0 Å². The molecule has 126 valence electrons. The molecule has 0 aliphatic carbocycles. The minimum absolute atomic E-state index is 0.0663. The van der Waals surface area contributed by atoms with Crippen molar-refractivity contribution in [1.82, 2.24) is 5.32 Å². The highest BCUT2D eigenvalue weighted by atomic mass is 79.9. The van der Waals surface area contributed by atoms with E-state index in [0.717, 1.165) is 10.0 Å². The zero-order valence-electron chi connectivity index (χ0n) is 12.7. The smallest absolute Gasteiger partial charge is 0.312 e. The van der Waals surface area contributed by atoms with Crippen LogP contribution < -0.4 is 11.1 Å². The first-order valence-electron chi connectivity index (χ1n) is 7.16. The van der Waals surface area contributed by atoms with Crippen LogP contribution in [0, 0.1) is 0 Å². The van der Waals surface area contributed by atoms with Gasteiger partial charge in [0.05, 0.1) is 12.5 Å². The number of halogens is 2. The maximum absolute atomic E-state index is 12.1. The number of rotatable bonds is 6. The summed E-state index contributed by atoms with van der Waals surface area (Å²) in [6.07, 6.45) is -0.0663. The lowest BCUT2D eigenvalue weighted by molar-refractivity contribution is -0.145. The van der Waals surface area contributed by atoms with Crippen LogP contribution in [0.4, 0.5) is 4.79 Å². The molecular formula is C17H16BrClN2O3. The van der Waals surface area contributed by atoms with Crippen LogP contribution in [0.2, 0.25) is 5.02 Å². The van der Waals surface area contributed by atoms with Gasteiger partial charge in [-0.3, -0.25) is 4.79 Å². The van der Waals surface area contributed by atoms with E-state index in [-0.39, 0.29) is 13.0 Å². The van der Waals surface area contributed by atoms with Crippen molar-refractivity contribution in [3.63, 3.8) is 0 Å². The Balaban J connectivity index is 2.00. The van der Waals surface area contributed by atoms with Gasteiger partial charge in [-0.05, 0) is 29.3 Å². The van der Waals surface area contributed by atoms with Crippen molar-refractivity contribution in [3.05, 3.63) is 69.2 Å². The van der Waals surface area contributed by atoms with E-state index in [1.807, 2.05) is 24.3 Å². The predicted molar refractivity (Wildman–Crippen MR) is 95.5 cm³/mol. The molecule has 1 unspecified atom stereocenters. The van der Waals surface area contributed by atoms with Gasteiger partial charge in [0.25, 0.3) is 0 Å². The zero-order valence-corrected chi connectivity index (χ0v) is 15.0. The number of amides is 2. The molecule has 0 fully saturated rings. The van der Waals surface area contributed by atoms with Crippen molar-refractivity contribution in [2.45, 2.75) is 19.1 Å². The molecule has 0 saturated carbocycles. The van der Waals surface area contributed by atoms with Crippen LogP contribution >= 0.6 is 27.5 Å². The van der Waals surface area contributed by atoms with Gasteiger partial charge in [0, 0.05) is 9.50 Å². The van der Waals surface area contributed by atoms with Crippen LogP contribution in [0.5, 0.6) is 0 Å². The summed E-state index contributed by atoms with van der Waals surface area (Å²) in [6, 6.07) is 13.0. The highest BCUT2D eigenvalue weighted by Gasteiger charge is 2.20. The SMILES string of the molecule is NC(=O)NC(CC(=O)OCc1ccc(Br)cc1)c1ccccc1Cl. The molecule has 2 rings (SSSR count). The van der Waals surface area contributed by atoms with Crippen molar-refractivity contribution in [3.8, 4) is 0 Å². The van der Waals surface area contributed by atoms with Crippen molar-refractivity contribution < 1.29 is 14.3 Å². The fourth-order valence-electron chi connectivity index (χ4n) is 2.14. The van der Waals surface area contributed by atoms with Gasteiger partial charge in [0.15, 0.2) is 0 Å². The number of hydrogen-bond acceptors (Lipinski definition) is 3. The second kappa shape index (κ2) is 8.70. The van der Waals surface area contributed by atoms with Gasteiger partial charge in [-0.1, -0.05) is 57.9 Å². The number of benzene rings is 2. The maximum Gasteiger partial charge on any atom is 0.312 e. The van der Waals surface area contributed by atoms with Gasteiger partial charge in [-0.2, -0.15) is 0 Å². The van der Waals surface area contributed by atoms with Crippen molar-refractivity contribution >= 4 is 39.5 Å². The van der Waals surface area contributed by atoms with Gasteiger partial charge in [-0.25, -0.2) is 4.79 Å². The summed E-state index contributed by atoms with van der Waals surface area (Å²) in [5.74, 6) is -0.461. The lowest BCUT2D eigenvalue weighted by atomic mass is 10.0. The molecule has 3 N–H and O–H groups in total. The van der Waals surface area contributed by atoms with Crippen LogP contribution in [-0.4, -0.2) is 12.0 Å². The Morgan fingerprint density at radius 3 is 2.46 bits per heavy atom. The zero-order chi connectivity index (χ0) is 17.5. The minimum Gasteiger partial charge on any atom is -0.461 e. The molecular weight excluding hydrogens is 396 g/mol. The van der Waals surface area contributed by atoms with Crippen molar-refractivity contribution in [1.29, 1.82) is 0 Å². The summed E-state index contributed by atoms with van der Waals surface area (Å²) in [6.45, 7) is 0.151. The fourth-order valence-corrected chi connectivity index (χ4v) is 2.67. The van der Waals surface area contributed by atoms with Gasteiger partial charge in [-0.15, -0.1) is 0 Å². The van der Waals surface area contributed by atoms with Crippen LogP contribution in [0.1, 0.15) is 23.6 Å². The Labute approximate surface area is 153 Å². The van der Waals surface area contributed by atoms with E-state index in [4.69, 9.17) is 22.1 Å². The normalized spacial score (nSPS) is 11.6. The third-order valence-corrected chi connectivity index (χ3v) is 4.15. The van der Waals surface area contributed by atoms with E-state index in [1.54, 1.807) is 24.3 Å². The van der Waals surface area contributed by atoms with Crippen LogP contribution in [0.3, 0.4) is 0 Å². The first-order valence-corrected chi connectivity index (χ1v) is 8.33. The predicted octanol–water partition coefficient (Wildman–Crippen LogP) is 3.95. The number of carbonyl (C=O) groups excluding carboxylic acids is 2. The number of nitrogens with one attached hydrogen (secondary N) is 1. The van der Waals surface area contributed by atoms with Crippen LogP contribution in [-0.2, 0) is 16.1 Å². The van der Waals surface area contributed by atoms with E-state index in [9.17, 15) is 9.59 Å². The van der Waals surface area contributed by atoms with E-state index in [1.165, 1.54) is 0 Å². The average molecular weight is 412 g/mol. The molecule has 0 heterocycles. The average Bonchev–Trinajstić information content (AvgIpc) is 2.54. The van der Waals surface area contributed by atoms with Gasteiger partial charge in [0.1, 0.15) is 6.61 Å². The molecule has 0 radical (unpaired) electrons. The highest BCUT2D eigenvalue weighted by molar-refractivity contribution is 9.10. The number of urea groups is 1. The summed E-state index contributed by atoms with van der Waals surface area (Å²) >= 11 is 9.47. The quantitative estimate of drug-likeness (QED) is 0.706. The largest absolute Gasteiger partial charge is 0.461 e. The molecule has 0 aliphatic rings. The second-order valence-electron chi connectivity index (χ2n) is 5.07. The van der Waals surface area contributed by atoms with Gasteiger partial charge < -0.3 is 15.8 Å². The maximum atomic E-state index is 12.1. The number of carbonyl (C=O) groups is 2. The lowest BCUT2D eigenvalue weighted by Crippen LogP contribution is -2.34. The third kappa shape index (κ3) is 5.54. The molecule has 5 nitrogen and oxygen atoms in total. The molecule has 2 aromatic carbocycles. The summed E-state index contributed by atoms with van der Waals surface area (Å²) in [7, 11) is 0. The number of ether oxygens (including phenoxy) is 1. The summed E-state index contributed by atoms with van der Waals surface area (Å²) in [4.78, 5) is 23.3. The molecule has 0 saturated heterocycles. The standard InChI is InChI=1S/C17H16BrClN2O3/c18-12-7-5-11(6-8-12)10-24-16(22)9-15(21-17(20)23)13-3-1-2-4-14(13)19/h1-8,15H,9-10H2,(H3,20,21,23). The number of esters is 1. The summed E-state index contributed by atoms with van der Waals surface area (Å²) < 4.78 is 6.20. The highest BCUT2D eigenvalue weighted by Crippen LogP contribution is 2.25. The molecule has 0 spiro atoms. The fraction of sp³-hybridized carbons (Fsp3) is 0.176. The molecule has 24 heavy (non-hydrogen) atoms. The molecule has 2 amide bonds. The number of primary amides is 1. The Morgan fingerprint density at radius 1 is 1.17 bits per heavy atom. The topological polar surface area (TPSA) is 81.4 Å². The molecule has 1 atom stereocenters. The Hall–Kier alpha value is -2.05. The van der Waals surface area contributed by atoms with E-state index >= 15 is 0 Å². The Bertz CT molecular complexity index is 722. The van der Waals surface area contributed by atoms with Crippen LogP contribution in [0.25, 0.3) is 0 Å².